The first-order chi connectivity index (χ1) is 5.47. The third-order valence-electron chi connectivity index (χ3n) is 2.33. The van der Waals surface area contributed by atoms with Gasteiger partial charge in [0.25, 0.3) is 0 Å². The molecule has 0 saturated heterocycles. The molecule has 68 valence electrons. The predicted octanol–water partition coefficient (Wildman–Crippen LogP) is 2.50. The van der Waals surface area contributed by atoms with Crippen LogP contribution in [0.1, 0.15) is 40.0 Å². The Morgan fingerprint density at radius 1 is 1.42 bits per heavy atom. The smallest absolute Gasteiger partial charge is 0.0807 e. The minimum absolute atomic E-state index is 0.112. The van der Waals surface area contributed by atoms with E-state index >= 15 is 0 Å². The third kappa shape index (κ3) is 2.22. The lowest BCUT2D eigenvalue weighted by Gasteiger charge is -2.37. The highest BCUT2D eigenvalue weighted by Gasteiger charge is 2.38. The van der Waals surface area contributed by atoms with E-state index < -0.39 is 0 Å². The lowest BCUT2D eigenvalue weighted by Crippen LogP contribution is -2.36. The second-order valence-corrected chi connectivity index (χ2v) is 4.65. The molecule has 1 fully saturated rings. The van der Waals surface area contributed by atoms with Crippen LogP contribution >= 0.6 is 0 Å². The zero-order valence-electron chi connectivity index (χ0n) is 8.18. The average Bonchev–Trinajstić information content (AvgIpc) is 1.84. The summed E-state index contributed by atoms with van der Waals surface area (Å²) in [6.45, 7) is 6.68. The van der Waals surface area contributed by atoms with Gasteiger partial charge in [-0.25, -0.2) is 0 Å². The van der Waals surface area contributed by atoms with Crippen molar-refractivity contribution < 1.29 is 4.74 Å². The number of hydrogen-bond acceptors (Lipinski definition) is 2. The Labute approximate surface area is 74.5 Å². The molecule has 1 saturated carbocycles. The molecule has 2 nitrogen and oxygen atoms in total. The van der Waals surface area contributed by atoms with Gasteiger partial charge in [0.15, 0.2) is 0 Å². The van der Waals surface area contributed by atoms with Gasteiger partial charge in [-0.2, -0.15) is 5.26 Å². The molecule has 0 unspecified atom stereocenters. The van der Waals surface area contributed by atoms with Crippen molar-refractivity contribution in [1.82, 2.24) is 0 Å². The average molecular weight is 167 g/mol. The van der Waals surface area contributed by atoms with Crippen molar-refractivity contribution in [3.8, 4) is 6.07 Å². The summed E-state index contributed by atoms with van der Waals surface area (Å²) in [5.74, 6) is 0. The minimum atomic E-state index is -0.146. The van der Waals surface area contributed by atoms with Crippen molar-refractivity contribution in [1.29, 1.82) is 5.26 Å². The first kappa shape index (κ1) is 9.54. The largest absolute Gasteiger partial charge is 0.374 e. The Balaban J connectivity index is 2.36. The summed E-state index contributed by atoms with van der Waals surface area (Å²) in [6.07, 6.45) is 3.21. The molecule has 0 aromatic carbocycles. The molecule has 1 aliphatic carbocycles. The van der Waals surface area contributed by atoms with Crippen LogP contribution in [0.2, 0.25) is 0 Å². The maximum atomic E-state index is 8.90. The van der Waals surface area contributed by atoms with E-state index in [2.05, 4.69) is 6.07 Å². The highest BCUT2D eigenvalue weighted by atomic mass is 16.5. The van der Waals surface area contributed by atoms with Crippen molar-refractivity contribution in [2.75, 3.05) is 6.61 Å². The third-order valence-corrected chi connectivity index (χ3v) is 2.33. The van der Waals surface area contributed by atoms with E-state index in [1.165, 1.54) is 6.42 Å². The van der Waals surface area contributed by atoms with Crippen LogP contribution in [-0.4, -0.2) is 12.2 Å². The Morgan fingerprint density at radius 2 is 2.00 bits per heavy atom. The van der Waals surface area contributed by atoms with Crippen LogP contribution < -0.4 is 0 Å². The van der Waals surface area contributed by atoms with Gasteiger partial charge in [-0.3, -0.25) is 0 Å². The summed E-state index contributed by atoms with van der Waals surface area (Å²) in [6, 6.07) is 2.36. The second-order valence-electron chi connectivity index (χ2n) is 4.65. The van der Waals surface area contributed by atoms with Crippen LogP contribution in [0.5, 0.6) is 0 Å². The van der Waals surface area contributed by atoms with Crippen molar-refractivity contribution in [2.45, 2.75) is 45.6 Å². The van der Waals surface area contributed by atoms with Gasteiger partial charge < -0.3 is 4.74 Å². The van der Waals surface area contributed by atoms with Crippen LogP contribution in [0.15, 0.2) is 0 Å². The summed E-state index contributed by atoms with van der Waals surface area (Å²) in [5, 5.41) is 8.90. The fourth-order valence-electron chi connectivity index (χ4n) is 1.25. The summed E-state index contributed by atoms with van der Waals surface area (Å²) >= 11 is 0. The van der Waals surface area contributed by atoms with Gasteiger partial charge in [-0.05, 0) is 33.6 Å². The van der Waals surface area contributed by atoms with Gasteiger partial charge in [0.1, 0.15) is 0 Å². The first-order valence-electron chi connectivity index (χ1n) is 4.53. The summed E-state index contributed by atoms with van der Waals surface area (Å²) < 4.78 is 5.60. The molecule has 0 radical (unpaired) electrons. The standard InChI is InChI=1S/C10H17NO/c1-9(2,3)12-8-10(7-11)5-4-6-10/h4-6,8H2,1-3H3. The molecular weight excluding hydrogens is 150 g/mol. The van der Waals surface area contributed by atoms with Crippen molar-refractivity contribution in [3.05, 3.63) is 0 Å². The van der Waals surface area contributed by atoms with Gasteiger partial charge in [0, 0.05) is 0 Å². The number of rotatable bonds is 2. The fraction of sp³-hybridized carbons (Fsp3) is 0.900. The molecule has 0 aromatic rings. The zero-order chi connectivity index (χ0) is 9.24. The molecule has 0 heterocycles. The summed E-state index contributed by atoms with van der Waals surface area (Å²) in [7, 11) is 0. The Kier molecular flexibility index (Phi) is 2.44. The van der Waals surface area contributed by atoms with Crippen LogP contribution in [0.3, 0.4) is 0 Å². The van der Waals surface area contributed by atoms with E-state index in [0.717, 1.165) is 12.8 Å². The Morgan fingerprint density at radius 3 is 2.25 bits per heavy atom. The van der Waals surface area contributed by atoms with E-state index in [-0.39, 0.29) is 11.0 Å². The van der Waals surface area contributed by atoms with Gasteiger partial charge in [0.05, 0.1) is 23.7 Å². The number of hydrogen-bond donors (Lipinski definition) is 0. The molecule has 0 aliphatic heterocycles. The molecular formula is C10H17NO. The minimum Gasteiger partial charge on any atom is -0.374 e. The molecule has 0 N–H and O–H groups in total. The normalized spacial score (nSPS) is 21.2. The molecule has 1 rings (SSSR count). The van der Waals surface area contributed by atoms with Crippen molar-refractivity contribution in [3.63, 3.8) is 0 Å². The maximum absolute atomic E-state index is 8.90. The lowest BCUT2D eigenvalue weighted by atomic mass is 9.70. The maximum Gasteiger partial charge on any atom is 0.0807 e. The Bertz CT molecular complexity index is 193. The van der Waals surface area contributed by atoms with E-state index in [9.17, 15) is 0 Å². The van der Waals surface area contributed by atoms with E-state index in [1.807, 2.05) is 20.8 Å². The SMILES string of the molecule is CC(C)(C)OCC1(C#N)CCC1. The molecule has 2 heteroatoms. The fourth-order valence-corrected chi connectivity index (χ4v) is 1.25. The van der Waals surface area contributed by atoms with E-state index in [0.29, 0.717) is 6.61 Å². The molecule has 0 amide bonds. The van der Waals surface area contributed by atoms with Crippen LogP contribution in [-0.2, 0) is 4.74 Å². The van der Waals surface area contributed by atoms with Gasteiger partial charge in [-0.1, -0.05) is 6.42 Å². The van der Waals surface area contributed by atoms with Crippen LogP contribution in [0, 0.1) is 16.7 Å². The van der Waals surface area contributed by atoms with Gasteiger partial charge >= 0.3 is 0 Å². The number of ether oxygens (including phenoxy) is 1. The van der Waals surface area contributed by atoms with Crippen LogP contribution in [0.25, 0.3) is 0 Å². The predicted molar refractivity (Wildman–Crippen MR) is 47.6 cm³/mol. The van der Waals surface area contributed by atoms with Crippen molar-refractivity contribution >= 4 is 0 Å². The first-order valence-corrected chi connectivity index (χ1v) is 4.53. The summed E-state index contributed by atoms with van der Waals surface area (Å²) in [5.41, 5.74) is -0.257. The highest BCUT2D eigenvalue weighted by molar-refractivity contribution is 5.04. The topological polar surface area (TPSA) is 33.0 Å². The zero-order valence-corrected chi connectivity index (χ0v) is 8.18. The van der Waals surface area contributed by atoms with E-state index in [4.69, 9.17) is 10.00 Å². The monoisotopic (exact) mass is 167 g/mol. The lowest BCUT2D eigenvalue weighted by molar-refractivity contribution is -0.0571. The Hall–Kier alpha value is -0.550. The van der Waals surface area contributed by atoms with Crippen LogP contribution in [0.4, 0.5) is 0 Å². The highest BCUT2D eigenvalue weighted by Crippen LogP contribution is 2.40. The van der Waals surface area contributed by atoms with E-state index in [1.54, 1.807) is 0 Å². The van der Waals surface area contributed by atoms with Crippen molar-refractivity contribution in [2.24, 2.45) is 5.41 Å². The summed E-state index contributed by atoms with van der Waals surface area (Å²) in [4.78, 5) is 0. The van der Waals surface area contributed by atoms with Gasteiger partial charge in [-0.15, -0.1) is 0 Å². The molecule has 0 bridgehead atoms. The molecule has 0 atom stereocenters. The number of nitriles is 1. The molecule has 0 spiro atoms. The second kappa shape index (κ2) is 3.06. The molecule has 0 aromatic heterocycles. The number of nitrogens with zero attached hydrogens (tertiary/aromatic N) is 1. The molecule has 12 heavy (non-hydrogen) atoms. The molecule has 1 aliphatic rings. The quantitative estimate of drug-likeness (QED) is 0.633. The van der Waals surface area contributed by atoms with Gasteiger partial charge in [0.2, 0.25) is 0 Å².